The van der Waals surface area contributed by atoms with Crippen molar-refractivity contribution in [3.05, 3.63) is 18.3 Å². The van der Waals surface area contributed by atoms with Gasteiger partial charge in [0.25, 0.3) is 0 Å². The maximum atomic E-state index is 5.56. The summed E-state index contributed by atoms with van der Waals surface area (Å²) in [6, 6.07) is 3.77. The Hall–Kier alpha value is -1.33. The molecule has 1 aliphatic rings. The van der Waals surface area contributed by atoms with Gasteiger partial charge in [-0.3, -0.25) is 0 Å². The van der Waals surface area contributed by atoms with Crippen molar-refractivity contribution in [2.24, 2.45) is 0 Å². The minimum atomic E-state index is -0.249. The Morgan fingerprint density at radius 1 is 1.56 bits per heavy atom. The summed E-state index contributed by atoms with van der Waals surface area (Å²) in [5.74, 6) is 1.52. The highest BCUT2D eigenvalue weighted by Crippen LogP contribution is 2.26. The summed E-state index contributed by atoms with van der Waals surface area (Å²) >= 11 is 0. The summed E-state index contributed by atoms with van der Waals surface area (Å²) in [5, 5.41) is 3.29. The first-order chi connectivity index (χ1) is 8.79. The number of hydrogen-bond donors (Lipinski definition) is 1. The van der Waals surface area contributed by atoms with Crippen LogP contribution in [0.5, 0.6) is 5.75 Å². The van der Waals surface area contributed by atoms with Crippen molar-refractivity contribution in [2.75, 3.05) is 38.8 Å². The lowest BCUT2D eigenvalue weighted by molar-refractivity contribution is -0.00628. The number of aromatic nitrogens is 1. The molecule has 0 radical (unpaired) electrons. The van der Waals surface area contributed by atoms with Gasteiger partial charge in [0.05, 0.1) is 13.2 Å². The van der Waals surface area contributed by atoms with Crippen LogP contribution in [0, 0.1) is 0 Å². The number of anilines is 1. The molecular formula is C13H20N2O3. The van der Waals surface area contributed by atoms with Crippen LogP contribution in [-0.2, 0) is 9.47 Å². The van der Waals surface area contributed by atoms with E-state index in [9.17, 15) is 0 Å². The molecule has 0 bridgehead atoms. The summed E-state index contributed by atoms with van der Waals surface area (Å²) in [6.45, 7) is 4.61. The predicted molar refractivity (Wildman–Crippen MR) is 69.1 cm³/mol. The zero-order chi connectivity index (χ0) is 12.8. The second-order valence-corrected chi connectivity index (χ2v) is 4.33. The fraction of sp³-hybridized carbons (Fsp3) is 0.615. The third-order valence-electron chi connectivity index (χ3n) is 3.15. The van der Waals surface area contributed by atoms with Crippen LogP contribution in [0.1, 0.15) is 13.3 Å². The maximum Gasteiger partial charge on any atom is 0.168 e. The van der Waals surface area contributed by atoms with Gasteiger partial charge in [0, 0.05) is 32.9 Å². The number of nitrogens with one attached hydrogen (secondary N) is 1. The summed E-state index contributed by atoms with van der Waals surface area (Å²) in [4.78, 5) is 4.29. The summed E-state index contributed by atoms with van der Waals surface area (Å²) < 4.78 is 16.5. The minimum Gasteiger partial charge on any atom is -0.490 e. The lowest BCUT2D eigenvalue weighted by Gasteiger charge is -2.26. The predicted octanol–water partition coefficient (Wildman–Crippen LogP) is 1.70. The Labute approximate surface area is 107 Å². The van der Waals surface area contributed by atoms with E-state index in [4.69, 9.17) is 14.2 Å². The van der Waals surface area contributed by atoms with Crippen LogP contribution in [0.3, 0.4) is 0 Å². The van der Waals surface area contributed by atoms with Gasteiger partial charge < -0.3 is 19.5 Å². The monoisotopic (exact) mass is 252 g/mol. The molecule has 1 fully saturated rings. The van der Waals surface area contributed by atoms with Crippen LogP contribution in [0.15, 0.2) is 18.3 Å². The van der Waals surface area contributed by atoms with Gasteiger partial charge >= 0.3 is 0 Å². The molecule has 5 nitrogen and oxygen atoms in total. The molecule has 1 aromatic heterocycles. The largest absolute Gasteiger partial charge is 0.490 e. The van der Waals surface area contributed by atoms with E-state index in [0.717, 1.165) is 24.6 Å². The molecule has 0 aliphatic carbocycles. The van der Waals surface area contributed by atoms with Gasteiger partial charge in [0.2, 0.25) is 0 Å². The maximum absolute atomic E-state index is 5.56. The molecule has 100 valence electrons. The van der Waals surface area contributed by atoms with Crippen LogP contribution in [-0.4, -0.2) is 44.1 Å². The average molecular weight is 252 g/mol. The van der Waals surface area contributed by atoms with E-state index in [2.05, 4.69) is 10.3 Å². The van der Waals surface area contributed by atoms with E-state index in [1.165, 1.54) is 0 Å². The van der Waals surface area contributed by atoms with Gasteiger partial charge in [-0.1, -0.05) is 0 Å². The van der Waals surface area contributed by atoms with E-state index >= 15 is 0 Å². The Balaban J connectivity index is 2.00. The highest BCUT2D eigenvalue weighted by molar-refractivity contribution is 5.49. The van der Waals surface area contributed by atoms with Crippen molar-refractivity contribution in [3.8, 4) is 5.75 Å². The van der Waals surface area contributed by atoms with Crippen LogP contribution in [0.25, 0.3) is 0 Å². The normalized spacial score (nSPS) is 23.0. The van der Waals surface area contributed by atoms with E-state index in [1.807, 2.05) is 19.1 Å². The fourth-order valence-corrected chi connectivity index (χ4v) is 2.00. The number of methoxy groups -OCH3 is 1. The van der Waals surface area contributed by atoms with Crippen molar-refractivity contribution in [3.63, 3.8) is 0 Å². The molecule has 1 aliphatic heterocycles. The number of ether oxygens (including phenoxy) is 3. The lowest BCUT2D eigenvalue weighted by atomic mass is 10.0. The highest BCUT2D eigenvalue weighted by Gasteiger charge is 2.35. The standard InChI is InChI=1S/C13H20N2O3/c1-3-18-11-5-4-7-14-12(11)15-9-13(16-2)6-8-17-10-13/h4-5,7H,3,6,8-10H2,1-2H3,(H,14,15). The Morgan fingerprint density at radius 2 is 2.44 bits per heavy atom. The van der Waals surface area contributed by atoms with Crippen molar-refractivity contribution < 1.29 is 14.2 Å². The van der Waals surface area contributed by atoms with Crippen molar-refractivity contribution in [2.45, 2.75) is 18.9 Å². The smallest absolute Gasteiger partial charge is 0.168 e. The summed E-state index contributed by atoms with van der Waals surface area (Å²) in [7, 11) is 1.72. The molecule has 0 aromatic carbocycles. The van der Waals surface area contributed by atoms with E-state index in [-0.39, 0.29) is 5.60 Å². The van der Waals surface area contributed by atoms with E-state index < -0.39 is 0 Å². The van der Waals surface area contributed by atoms with Gasteiger partial charge in [-0.05, 0) is 19.1 Å². The minimum absolute atomic E-state index is 0.249. The van der Waals surface area contributed by atoms with Gasteiger partial charge in [-0.25, -0.2) is 4.98 Å². The number of nitrogens with zero attached hydrogens (tertiary/aromatic N) is 1. The molecule has 1 atom stereocenters. The molecule has 1 N–H and O–H groups in total. The average Bonchev–Trinajstić information content (AvgIpc) is 2.88. The zero-order valence-electron chi connectivity index (χ0n) is 10.9. The number of pyridine rings is 1. The molecule has 1 unspecified atom stereocenters. The Morgan fingerprint density at radius 3 is 3.11 bits per heavy atom. The first kappa shape index (κ1) is 13.1. The van der Waals surface area contributed by atoms with Crippen molar-refractivity contribution >= 4 is 5.82 Å². The molecule has 18 heavy (non-hydrogen) atoms. The number of hydrogen-bond acceptors (Lipinski definition) is 5. The Bertz CT molecular complexity index is 378. The van der Waals surface area contributed by atoms with Gasteiger partial charge in [0.15, 0.2) is 11.6 Å². The SMILES string of the molecule is CCOc1cccnc1NCC1(OC)CCOC1. The van der Waals surface area contributed by atoms with Crippen LogP contribution >= 0.6 is 0 Å². The van der Waals surface area contributed by atoms with Crippen LogP contribution < -0.4 is 10.1 Å². The topological polar surface area (TPSA) is 52.6 Å². The fourth-order valence-electron chi connectivity index (χ4n) is 2.00. The van der Waals surface area contributed by atoms with Crippen molar-refractivity contribution in [1.29, 1.82) is 0 Å². The molecule has 2 heterocycles. The highest BCUT2D eigenvalue weighted by atomic mass is 16.5. The van der Waals surface area contributed by atoms with Crippen molar-refractivity contribution in [1.82, 2.24) is 4.98 Å². The van der Waals surface area contributed by atoms with Gasteiger partial charge in [-0.2, -0.15) is 0 Å². The third-order valence-corrected chi connectivity index (χ3v) is 3.15. The first-order valence-electron chi connectivity index (χ1n) is 6.24. The zero-order valence-corrected chi connectivity index (χ0v) is 10.9. The lowest BCUT2D eigenvalue weighted by Crippen LogP contribution is -2.39. The van der Waals surface area contributed by atoms with Gasteiger partial charge in [-0.15, -0.1) is 0 Å². The summed E-state index contributed by atoms with van der Waals surface area (Å²) in [6.07, 6.45) is 2.64. The molecule has 0 amide bonds. The molecule has 5 heteroatoms. The molecule has 1 aromatic rings. The quantitative estimate of drug-likeness (QED) is 0.835. The molecule has 0 spiro atoms. The molecule has 2 rings (SSSR count). The Kier molecular flexibility index (Phi) is 4.38. The number of rotatable bonds is 6. The van der Waals surface area contributed by atoms with E-state index in [1.54, 1.807) is 13.3 Å². The van der Waals surface area contributed by atoms with Gasteiger partial charge in [0.1, 0.15) is 5.60 Å². The third kappa shape index (κ3) is 2.91. The molecular weight excluding hydrogens is 232 g/mol. The first-order valence-corrected chi connectivity index (χ1v) is 6.24. The van der Waals surface area contributed by atoms with Crippen LogP contribution in [0.2, 0.25) is 0 Å². The second kappa shape index (κ2) is 6.02. The van der Waals surface area contributed by atoms with E-state index in [0.29, 0.717) is 19.8 Å². The van der Waals surface area contributed by atoms with Crippen LogP contribution in [0.4, 0.5) is 5.82 Å². The second-order valence-electron chi connectivity index (χ2n) is 4.33. The molecule has 1 saturated heterocycles. The molecule has 0 saturated carbocycles. The summed E-state index contributed by atoms with van der Waals surface area (Å²) in [5.41, 5.74) is -0.249.